The molecule has 1 saturated heterocycles. The third-order valence-corrected chi connectivity index (χ3v) is 6.26. The number of morpholine rings is 1. The number of ether oxygens (including phenoxy) is 3. The number of carbonyl (C=O) groups is 1. The summed E-state index contributed by atoms with van der Waals surface area (Å²) in [6, 6.07) is 8.11. The Morgan fingerprint density at radius 1 is 1.10 bits per heavy atom. The Kier molecular flexibility index (Phi) is 6.46. The van der Waals surface area contributed by atoms with Crippen molar-refractivity contribution in [2.24, 2.45) is 0 Å². The van der Waals surface area contributed by atoms with E-state index in [1.807, 2.05) is 0 Å². The number of nitrogens with zero attached hydrogens (tertiary/aromatic N) is 1. The fourth-order valence-electron chi connectivity index (χ4n) is 2.81. The highest BCUT2D eigenvalue weighted by atomic mass is 32.2. The van der Waals surface area contributed by atoms with Gasteiger partial charge in [-0.25, -0.2) is 22.0 Å². The number of carbonyl (C=O) groups excluding carboxylic acids is 1. The molecule has 1 fully saturated rings. The van der Waals surface area contributed by atoms with Crippen molar-refractivity contribution < 1.29 is 36.2 Å². The van der Waals surface area contributed by atoms with Crippen LogP contribution in [0.15, 0.2) is 47.4 Å². The maximum absolute atomic E-state index is 13.9. The fraction of sp³-hybridized carbons (Fsp3) is 0.316. The van der Waals surface area contributed by atoms with Crippen LogP contribution in [-0.4, -0.2) is 52.1 Å². The predicted molar refractivity (Wildman–Crippen MR) is 97.8 cm³/mol. The summed E-state index contributed by atoms with van der Waals surface area (Å²) in [6.07, 6.45) is -1.36. The number of methoxy groups -OCH3 is 1. The van der Waals surface area contributed by atoms with Crippen LogP contribution in [0.1, 0.15) is 11.7 Å². The van der Waals surface area contributed by atoms with Crippen LogP contribution < -0.4 is 4.74 Å². The Morgan fingerprint density at radius 3 is 2.34 bits per heavy atom. The van der Waals surface area contributed by atoms with Gasteiger partial charge in [-0.05, 0) is 24.3 Å². The third kappa shape index (κ3) is 4.72. The van der Waals surface area contributed by atoms with E-state index in [2.05, 4.69) is 0 Å². The van der Waals surface area contributed by atoms with Gasteiger partial charge in [0.2, 0.25) is 16.1 Å². The monoisotopic (exact) mass is 427 g/mol. The summed E-state index contributed by atoms with van der Waals surface area (Å²) >= 11 is 0. The van der Waals surface area contributed by atoms with E-state index in [-0.39, 0.29) is 29.3 Å². The Bertz CT molecular complexity index is 975. The molecule has 29 heavy (non-hydrogen) atoms. The van der Waals surface area contributed by atoms with E-state index in [1.165, 1.54) is 28.6 Å². The lowest BCUT2D eigenvalue weighted by molar-refractivity contribution is -0.149. The van der Waals surface area contributed by atoms with Crippen LogP contribution in [0.25, 0.3) is 0 Å². The number of hydrogen-bond donors (Lipinski definition) is 0. The quantitative estimate of drug-likeness (QED) is 0.658. The molecule has 0 N–H and O–H groups in total. The molecule has 0 saturated carbocycles. The van der Waals surface area contributed by atoms with Gasteiger partial charge >= 0.3 is 5.97 Å². The number of halogens is 2. The average molecular weight is 427 g/mol. The molecule has 7 nitrogen and oxygen atoms in total. The molecule has 1 heterocycles. The molecule has 1 unspecified atom stereocenters. The van der Waals surface area contributed by atoms with Gasteiger partial charge in [-0.1, -0.05) is 12.1 Å². The van der Waals surface area contributed by atoms with Crippen molar-refractivity contribution in [1.29, 1.82) is 0 Å². The van der Waals surface area contributed by atoms with Crippen molar-refractivity contribution in [2.45, 2.75) is 11.0 Å². The molecule has 1 atom stereocenters. The summed E-state index contributed by atoms with van der Waals surface area (Å²) in [7, 11) is -2.57. The summed E-state index contributed by atoms with van der Waals surface area (Å²) in [5, 5.41) is 0. The third-order valence-electron chi connectivity index (χ3n) is 4.34. The van der Waals surface area contributed by atoms with Gasteiger partial charge in [0.05, 0.1) is 25.2 Å². The lowest BCUT2D eigenvalue weighted by Crippen LogP contribution is -2.40. The Morgan fingerprint density at radius 2 is 1.76 bits per heavy atom. The molecule has 156 valence electrons. The maximum Gasteiger partial charge on any atom is 0.351 e. The first-order chi connectivity index (χ1) is 13.8. The van der Waals surface area contributed by atoms with Crippen LogP contribution in [0.4, 0.5) is 8.78 Å². The van der Waals surface area contributed by atoms with E-state index in [0.717, 1.165) is 19.2 Å². The van der Waals surface area contributed by atoms with E-state index < -0.39 is 33.7 Å². The molecular weight excluding hydrogens is 408 g/mol. The Labute approximate surface area is 166 Å². The van der Waals surface area contributed by atoms with Gasteiger partial charge in [-0.3, -0.25) is 0 Å². The van der Waals surface area contributed by atoms with Crippen LogP contribution in [-0.2, 0) is 24.3 Å². The summed E-state index contributed by atoms with van der Waals surface area (Å²) in [5.41, 5.74) is 0.251. The van der Waals surface area contributed by atoms with Crippen molar-refractivity contribution in [3.63, 3.8) is 0 Å². The van der Waals surface area contributed by atoms with Crippen LogP contribution in [0, 0.1) is 11.6 Å². The van der Waals surface area contributed by atoms with Gasteiger partial charge < -0.3 is 14.2 Å². The molecule has 10 heteroatoms. The molecule has 2 aromatic carbocycles. The summed E-state index contributed by atoms with van der Waals surface area (Å²) in [5.74, 6) is -2.93. The molecule has 0 aliphatic carbocycles. The minimum absolute atomic E-state index is 0.0414. The predicted octanol–water partition coefficient (Wildman–Crippen LogP) is 2.28. The normalized spacial score (nSPS) is 16.2. The molecule has 0 aromatic heterocycles. The number of hydrogen-bond acceptors (Lipinski definition) is 6. The van der Waals surface area contributed by atoms with Crippen LogP contribution in [0.5, 0.6) is 5.75 Å². The number of rotatable bonds is 6. The zero-order valence-electron chi connectivity index (χ0n) is 15.5. The second-order valence-corrected chi connectivity index (χ2v) is 8.12. The van der Waals surface area contributed by atoms with Crippen molar-refractivity contribution in [3.8, 4) is 5.75 Å². The first kappa shape index (κ1) is 21.2. The van der Waals surface area contributed by atoms with Gasteiger partial charge in [-0.15, -0.1) is 0 Å². The summed E-state index contributed by atoms with van der Waals surface area (Å²) in [6.45, 7) is 1.14. The summed E-state index contributed by atoms with van der Waals surface area (Å²) in [4.78, 5) is 12.2. The molecule has 1 aliphatic heterocycles. The maximum atomic E-state index is 13.9. The van der Waals surface area contributed by atoms with Gasteiger partial charge in [0.15, 0.2) is 11.6 Å². The molecular formula is C19H19F2NO6S. The van der Waals surface area contributed by atoms with Gasteiger partial charge in [0.1, 0.15) is 5.82 Å². The number of benzene rings is 2. The molecule has 0 bridgehead atoms. The van der Waals surface area contributed by atoms with E-state index >= 15 is 0 Å². The average Bonchev–Trinajstić information content (AvgIpc) is 2.73. The minimum Gasteiger partial charge on any atom is -0.471 e. The smallest absolute Gasteiger partial charge is 0.351 e. The second kappa shape index (κ2) is 8.85. The highest BCUT2D eigenvalue weighted by Crippen LogP contribution is 2.27. The van der Waals surface area contributed by atoms with E-state index in [0.29, 0.717) is 19.3 Å². The summed E-state index contributed by atoms with van der Waals surface area (Å²) < 4.78 is 68.9. The number of esters is 1. The zero-order valence-corrected chi connectivity index (χ0v) is 16.3. The van der Waals surface area contributed by atoms with Gasteiger partial charge in [0, 0.05) is 24.7 Å². The highest BCUT2D eigenvalue weighted by molar-refractivity contribution is 7.89. The highest BCUT2D eigenvalue weighted by Gasteiger charge is 2.28. The largest absolute Gasteiger partial charge is 0.471 e. The Hall–Kier alpha value is -2.56. The van der Waals surface area contributed by atoms with E-state index in [4.69, 9.17) is 14.2 Å². The topological polar surface area (TPSA) is 82.1 Å². The van der Waals surface area contributed by atoms with Crippen molar-refractivity contribution in [1.82, 2.24) is 4.31 Å². The van der Waals surface area contributed by atoms with E-state index in [1.54, 1.807) is 0 Å². The molecule has 0 spiro atoms. The zero-order chi connectivity index (χ0) is 21.0. The molecule has 1 aliphatic rings. The number of sulfonamides is 1. The second-order valence-electron chi connectivity index (χ2n) is 6.18. The molecule has 2 aromatic rings. The standard InChI is InChI=1S/C19H19F2NO6S/c1-26-19(23)18(28-17-7-4-14(20)12-16(17)21)13-2-5-15(6-3-13)29(24,25)22-8-10-27-11-9-22/h2-7,12,18H,8-11H2,1H3. The van der Waals surface area contributed by atoms with Gasteiger partial charge in [0.25, 0.3) is 0 Å². The first-order valence-corrected chi connectivity index (χ1v) is 10.1. The van der Waals surface area contributed by atoms with Crippen molar-refractivity contribution in [3.05, 3.63) is 59.7 Å². The van der Waals surface area contributed by atoms with E-state index in [9.17, 15) is 22.0 Å². The van der Waals surface area contributed by atoms with Crippen LogP contribution in [0.2, 0.25) is 0 Å². The molecule has 0 amide bonds. The fourth-order valence-corrected chi connectivity index (χ4v) is 4.22. The SMILES string of the molecule is COC(=O)C(Oc1ccc(F)cc1F)c1ccc(S(=O)(=O)N2CCOCC2)cc1. The van der Waals surface area contributed by atoms with Crippen molar-refractivity contribution >= 4 is 16.0 Å². The lowest BCUT2D eigenvalue weighted by atomic mass is 10.1. The van der Waals surface area contributed by atoms with Crippen LogP contribution >= 0.6 is 0 Å². The molecule has 0 radical (unpaired) electrons. The minimum atomic E-state index is -3.71. The van der Waals surface area contributed by atoms with Crippen LogP contribution in [0.3, 0.4) is 0 Å². The first-order valence-electron chi connectivity index (χ1n) is 8.70. The Balaban J connectivity index is 1.86. The van der Waals surface area contributed by atoms with Gasteiger partial charge in [-0.2, -0.15) is 4.31 Å². The van der Waals surface area contributed by atoms with Crippen molar-refractivity contribution in [2.75, 3.05) is 33.4 Å². The lowest BCUT2D eigenvalue weighted by Gasteiger charge is -2.26. The molecule has 3 rings (SSSR count).